The summed E-state index contributed by atoms with van der Waals surface area (Å²) >= 11 is 6.16. The van der Waals surface area contributed by atoms with Gasteiger partial charge in [0, 0.05) is 5.02 Å². The minimum absolute atomic E-state index is 0.233. The van der Waals surface area contributed by atoms with E-state index in [0.717, 1.165) is 21.9 Å². The first kappa shape index (κ1) is 18.2. The standard InChI is InChI=1S/C16H26ClNO3/c1-10(2)14-6-15(17)11(3)5-16(14)21-9-13(20)8-18-7-12(4)19/h5-6,10,12-13,18-20H,7-9H2,1-4H3/p+1/t12-,13+/m0/s1. The van der Waals surface area contributed by atoms with Crippen LogP contribution in [0.2, 0.25) is 5.02 Å². The van der Waals surface area contributed by atoms with Gasteiger partial charge in [-0.1, -0.05) is 25.4 Å². The molecule has 0 radical (unpaired) electrons. The van der Waals surface area contributed by atoms with Crippen molar-refractivity contribution in [1.82, 2.24) is 0 Å². The van der Waals surface area contributed by atoms with Gasteiger partial charge in [-0.05, 0) is 43.0 Å². The molecule has 4 N–H and O–H groups in total. The van der Waals surface area contributed by atoms with Crippen LogP contribution in [0.15, 0.2) is 12.1 Å². The Morgan fingerprint density at radius 3 is 2.43 bits per heavy atom. The average Bonchev–Trinajstić information content (AvgIpc) is 2.39. The third-order valence-electron chi connectivity index (χ3n) is 3.29. The van der Waals surface area contributed by atoms with Crippen molar-refractivity contribution in [3.63, 3.8) is 0 Å². The van der Waals surface area contributed by atoms with Crippen LogP contribution in [0.1, 0.15) is 37.8 Å². The van der Waals surface area contributed by atoms with E-state index in [4.69, 9.17) is 16.3 Å². The zero-order chi connectivity index (χ0) is 16.0. The van der Waals surface area contributed by atoms with Crippen LogP contribution in [0.4, 0.5) is 0 Å². The predicted octanol–water partition coefficient (Wildman–Crippen LogP) is 1.46. The van der Waals surface area contributed by atoms with E-state index in [1.54, 1.807) is 6.92 Å². The van der Waals surface area contributed by atoms with Crippen molar-refractivity contribution < 1.29 is 20.3 Å². The second-order valence-corrected chi connectivity index (χ2v) is 6.28. The molecule has 2 atom stereocenters. The van der Waals surface area contributed by atoms with Crippen LogP contribution < -0.4 is 10.1 Å². The molecule has 0 amide bonds. The van der Waals surface area contributed by atoms with E-state index in [-0.39, 0.29) is 12.7 Å². The fourth-order valence-electron chi connectivity index (χ4n) is 2.03. The summed E-state index contributed by atoms with van der Waals surface area (Å²) in [6.07, 6.45) is -0.940. The lowest BCUT2D eigenvalue weighted by atomic mass is 10.0. The summed E-state index contributed by atoms with van der Waals surface area (Å²) < 4.78 is 5.76. The first-order chi connectivity index (χ1) is 9.81. The molecule has 4 nitrogen and oxygen atoms in total. The summed E-state index contributed by atoms with van der Waals surface area (Å²) in [5.41, 5.74) is 2.01. The molecule has 1 aromatic rings. The van der Waals surface area contributed by atoms with Crippen molar-refractivity contribution in [2.24, 2.45) is 0 Å². The maximum Gasteiger partial charge on any atom is 0.137 e. The summed E-state index contributed by atoms with van der Waals surface area (Å²) in [6, 6.07) is 3.85. The van der Waals surface area contributed by atoms with Crippen molar-refractivity contribution >= 4 is 11.6 Å². The van der Waals surface area contributed by atoms with Gasteiger partial charge in [-0.15, -0.1) is 0 Å². The Kier molecular flexibility index (Phi) is 7.46. The molecule has 120 valence electrons. The van der Waals surface area contributed by atoms with Crippen molar-refractivity contribution in [1.29, 1.82) is 0 Å². The van der Waals surface area contributed by atoms with Crippen LogP contribution in [-0.2, 0) is 0 Å². The molecule has 21 heavy (non-hydrogen) atoms. The Hall–Kier alpha value is -0.810. The SMILES string of the molecule is Cc1cc(OC[C@H](O)C[NH2+]C[C@H](C)O)c(C(C)C)cc1Cl. The number of ether oxygens (including phenoxy) is 1. The molecule has 1 rings (SSSR count). The van der Waals surface area contributed by atoms with Gasteiger partial charge in [0.1, 0.15) is 31.5 Å². The fourth-order valence-corrected chi connectivity index (χ4v) is 2.20. The molecule has 0 aliphatic carbocycles. The summed E-state index contributed by atoms with van der Waals surface area (Å²) in [7, 11) is 0. The van der Waals surface area contributed by atoms with Crippen molar-refractivity contribution in [2.75, 3.05) is 19.7 Å². The number of hydrogen-bond acceptors (Lipinski definition) is 3. The molecule has 0 heterocycles. The number of aryl methyl sites for hydroxylation is 1. The van der Waals surface area contributed by atoms with Crippen molar-refractivity contribution in [3.8, 4) is 5.75 Å². The topological polar surface area (TPSA) is 66.3 Å². The van der Waals surface area contributed by atoms with Crippen LogP contribution in [0.25, 0.3) is 0 Å². The Morgan fingerprint density at radius 2 is 1.86 bits per heavy atom. The summed E-state index contributed by atoms with van der Waals surface area (Å²) in [4.78, 5) is 0. The quantitative estimate of drug-likeness (QED) is 0.680. The van der Waals surface area contributed by atoms with E-state index in [1.807, 2.05) is 24.4 Å². The van der Waals surface area contributed by atoms with Gasteiger partial charge in [-0.3, -0.25) is 0 Å². The molecule has 1 aromatic carbocycles. The van der Waals surface area contributed by atoms with Crippen LogP contribution in [0.5, 0.6) is 5.75 Å². The maximum atomic E-state index is 9.91. The van der Waals surface area contributed by atoms with E-state index >= 15 is 0 Å². The number of quaternary nitrogens is 1. The second kappa shape index (κ2) is 8.59. The highest BCUT2D eigenvalue weighted by atomic mass is 35.5. The lowest BCUT2D eigenvalue weighted by Gasteiger charge is -2.17. The molecule has 0 saturated heterocycles. The van der Waals surface area contributed by atoms with Gasteiger partial charge >= 0.3 is 0 Å². The number of hydrogen-bond donors (Lipinski definition) is 3. The van der Waals surface area contributed by atoms with Gasteiger partial charge in [0.05, 0.1) is 6.10 Å². The Labute approximate surface area is 132 Å². The monoisotopic (exact) mass is 316 g/mol. The zero-order valence-electron chi connectivity index (χ0n) is 13.3. The number of rotatable bonds is 8. The van der Waals surface area contributed by atoms with Gasteiger partial charge in [-0.25, -0.2) is 0 Å². The molecular weight excluding hydrogens is 290 g/mol. The number of halogens is 1. The summed E-state index contributed by atoms with van der Waals surface area (Å²) in [5, 5.41) is 21.7. The summed E-state index contributed by atoms with van der Waals surface area (Å²) in [5.74, 6) is 1.08. The van der Waals surface area contributed by atoms with Crippen LogP contribution >= 0.6 is 11.6 Å². The van der Waals surface area contributed by atoms with Crippen LogP contribution in [-0.4, -0.2) is 42.1 Å². The molecule has 0 saturated carbocycles. The number of aliphatic hydroxyl groups excluding tert-OH is 2. The third kappa shape index (κ3) is 6.22. The number of nitrogens with two attached hydrogens (primary N) is 1. The van der Waals surface area contributed by atoms with E-state index < -0.39 is 6.10 Å². The molecule has 0 bridgehead atoms. The minimum atomic E-state index is -0.570. The average molecular weight is 317 g/mol. The molecule has 0 unspecified atom stereocenters. The number of benzene rings is 1. The van der Waals surface area contributed by atoms with Crippen molar-refractivity contribution in [2.45, 2.75) is 45.8 Å². The molecule has 0 spiro atoms. The van der Waals surface area contributed by atoms with E-state index in [9.17, 15) is 10.2 Å². The lowest BCUT2D eigenvalue weighted by Crippen LogP contribution is -2.88. The molecule has 0 aliphatic rings. The Morgan fingerprint density at radius 1 is 1.19 bits per heavy atom. The van der Waals surface area contributed by atoms with Crippen LogP contribution in [0.3, 0.4) is 0 Å². The van der Waals surface area contributed by atoms with Crippen LogP contribution in [0, 0.1) is 6.92 Å². The van der Waals surface area contributed by atoms with Gasteiger partial charge < -0.3 is 20.3 Å². The molecular formula is C16H27ClNO3+. The molecule has 0 aromatic heterocycles. The first-order valence-electron chi connectivity index (χ1n) is 7.41. The summed E-state index contributed by atoms with van der Waals surface area (Å²) in [6.45, 7) is 9.15. The van der Waals surface area contributed by atoms with E-state index in [0.29, 0.717) is 19.0 Å². The number of aliphatic hydroxyl groups is 2. The van der Waals surface area contributed by atoms with Gasteiger partial charge in [0.15, 0.2) is 0 Å². The highest BCUT2D eigenvalue weighted by Crippen LogP contribution is 2.32. The predicted molar refractivity (Wildman–Crippen MR) is 85.1 cm³/mol. The smallest absolute Gasteiger partial charge is 0.137 e. The third-order valence-corrected chi connectivity index (χ3v) is 3.70. The zero-order valence-corrected chi connectivity index (χ0v) is 14.0. The largest absolute Gasteiger partial charge is 0.490 e. The van der Waals surface area contributed by atoms with Gasteiger partial charge in [0.25, 0.3) is 0 Å². The highest BCUT2D eigenvalue weighted by Gasteiger charge is 2.14. The Bertz CT molecular complexity index is 449. The highest BCUT2D eigenvalue weighted by molar-refractivity contribution is 6.31. The normalized spacial score (nSPS) is 14.3. The fraction of sp³-hybridized carbons (Fsp3) is 0.625. The van der Waals surface area contributed by atoms with E-state index in [1.165, 1.54) is 0 Å². The molecule has 0 fully saturated rings. The molecule has 5 heteroatoms. The minimum Gasteiger partial charge on any atom is -0.490 e. The van der Waals surface area contributed by atoms with Crippen molar-refractivity contribution in [3.05, 3.63) is 28.3 Å². The maximum absolute atomic E-state index is 9.91. The first-order valence-corrected chi connectivity index (χ1v) is 7.79. The Balaban J connectivity index is 2.60. The second-order valence-electron chi connectivity index (χ2n) is 5.87. The molecule has 0 aliphatic heterocycles. The van der Waals surface area contributed by atoms with E-state index in [2.05, 4.69) is 13.8 Å². The van der Waals surface area contributed by atoms with Gasteiger partial charge in [0.2, 0.25) is 0 Å². The van der Waals surface area contributed by atoms with Gasteiger partial charge in [-0.2, -0.15) is 0 Å². The lowest BCUT2D eigenvalue weighted by molar-refractivity contribution is -0.666.